The molecule has 0 aliphatic rings. The second kappa shape index (κ2) is 6.45. The van der Waals surface area contributed by atoms with Crippen molar-refractivity contribution in [2.24, 2.45) is 5.73 Å². The highest BCUT2D eigenvalue weighted by Crippen LogP contribution is 2.17. The molecular formula is C16H16F2N2O. The smallest absolute Gasteiger partial charge is 0.241 e. The number of amides is 1. The van der Waals surface area contributed by atoms with Gasteiger partial charge in [0.25, 0.3) is 0 Å². The van der Waals surface area contributed by atoms with Crippen LogP contribution in [0, 0.1) is 11.6 Å². The molecule has 3 N–H and O–H groups in total. The van der Waals surface area contributed by atoms with Gasteiger partial charge in [-0.1, -0.05) is 36.4 Å². The minimum Gasteiger partial charge on any atom is -0.348 e. The average molecular weight is 290 g/mol. The summed E-state index contributed by atoms with van der Waals surface area (Å²) in [5, 5.41) is 2.69. The third-order valence-corrected chi connectivity index (χ3v) is 3.24. The molecule has 110 valence electrons. The molecule has 0 aromatic heterocycles. The van der Waals surface area contributed by atoms with E-state index in [0.29, 0.717) is 11.1 Å². The van der Waals surface area contributed by atoms with Crippen LogP contribution < -0.4 is 11.1 Å². The fourth-order valence-corrected chi connectivity index (χ4v) is 1.98. The Balaban J connectivity index is 2.06. The zero-order valence-corrected chi connectivity index (χ0v) is 11.5. The highest BCUT2D eigenvalue weighted by molar-refractivity contribution is 5.83. The van der Waals surface area contributed by atoms with Gasteiger partial charge >= 0.3 is 0 Å². The molecule has 0 saturated carbocycles. The Labute approximate surface area is 121 Å². The molecule has 2 aromatic rings. The first-order chi connectivity index (χ1) is 9.99. The van der Waals surface area contributed by atoms with Gasteiger partial charge in [-0.2, -0.15) is 0 Å². The molecule has 2 atom stereocenters. The van der Waals surface area contributed by atoms with Gasteiger partial charge in [-0.25, -0.2) is 8.78 Å². The Morgan fingerprint density at radius 2 is 1.71 bits per heavy atom. The Kier molecular flexibility index (Phi) is 4.65. The lowest BCUT2D eigenvalue weighted by Gasteiger charge is -2.18. The van der Waals surface area contributed by atoms with Gasteiger partial charge in [0.05, 0.1) is 6.04 Å². The first kappa shape index (κ1) is 15.1. The molecule has 5 heteroatoms. The quantitative estimate of drug-likeness (QED) is 0.909. The van der Waals surface area contributed by atoms with E-state index >= 15 is 0 Å². The molecule has 0 aliphatic heterocycles. The Morgan fingerprint density at radius 1 is 1.05 bits per heavy atom. The van der Waals surface area contributed by atoms with Crippen molar-refractivity contribution >= 4 is 5.91 Å². The first-order valence-corrected chi connectivity index (χ1v) is 6.55. The van der Waals surface area contributed by atoms with E-state index in [0.717, 1.165) is 12.1 Å². The summed E-state index contributed by atoms with van der Waals surface area (Å²) in [5.41, 5.74) is 7.03. The largest absolute Gasteiger partial charge is 0.348 e. The van der Waals surface area contributed by atoms with Crippen LogP contribution >= 0.6 is 0 Å². The average Bonchev–Trinajstić information content (AvgIpc) is 2.50. The predicted molar refractivity (Wildman–Crippen MR) is 76.3 cm³/mol. The van der Waals surface area contributed by atoms with Crippen LogP contribution in [0.3, 0.4) is 0 Å². The van der Waals surface area contributed by atoms with E-state index in [9.17, 15) is 13.6 Å². The van der Waals surface area contributed by atoms with Gasteiger partial charge in [0.2, 0.25) is 5.91 Å². The summed E-state index contributed by atoms with van der Waals surface area (Å²) >= 11 is 0. The van der Waals surface area contributed by atoms with Crippen molar-refractivity contribution in [1.82, 2.24) is 5.32 Å². The van der Waals surface area contributed by atoms with E-state index in [-0.39, 0.29) is 5.91 Å². The van der Waals surface area contributed by atoms with E-state index in [1.54, 1.807) is 31.2 Å². The van der Waals surface area contributed by atoms with Crippen LogP contribution in [0.2, 0.25) is 0 Å². The normalized spacial score (nSPS) is 13.5. The number of nitrogens with two attached hydrogens (primary N) is 1. The molecule has 0 radical (unpaired) electrons. The number of halogens is 2. The zero-order valence-electron chi connectivity index (χ0n) is 11.5. The summed E-state index contributed by atoms with van der Waals surface area (Å²) in [7, 11) is 0. The highest BCUT2D eigenvalue weighted by atomic mass is 19.2. The monoisotopic (exact) mass is 290 g/mol. The maximum atomic E-state index is 13.2. The maximum absolute atomic E-state index is 13.2. The number of carbonyl (C=O) groups excluding carboxylic acids is 1. The minimum absolute atomic E-state index is 0.376. The van der Waals surface area contributed by atoms with Crippen molar-refractivity contribution in [2.75, 3.05) is 0 Å². The van der Waals surface area contributed by atoms with E-state index in [2.05, 4.69) is 5.32 Å². The third-order valence-electron chi connectivity index (χ3n) is 3.24. The number of rotatable bonds is 4. The Morgan fingerprint density at radius 3 is 2.33 bits per heavy atom. The predicted octanol–water partition coefficient (Wildman–Crippen LogP) is 2.84. The Bertz CT molecular complexity index is 631. The third kappa shape index (κ3) is 3.64. The molecule has 0 fully saturated rings. The second-order valence-corrected chi connectivity index (χ2v) is 4.79. The molecule has 3 nitrogen and oxygen atoms in total. The molecule has 1 amide bonds. The summed E-state index contributed by atoms with van der Waals surface area (Å²) in [6, 6.07) is 11.2. The van der Waals surface area contributed by atoms with Crippen LogP contribution in [0.15, 0.2) is 48.5 Å². The SMILES string of the molecule is CC(NC(=O)[C@H](N)c1ccccc1)c1ccc(F)c(F)c1. The number of benzene rings is 2. The topological polar surface area (TPSA) is 55.1 Å². The van der Waals surface area contributed by atoms with Gasteiger partial charge in [-0.15, -0.1) is 0 Å². The highest BCUT2D eigenvalue weighted by Gasteiger charge is 2.18. The molecule has 0 heterocycles. The van der Waals surface area contributed by atoms with E-state index in [4.69, 9.17) is 5.73 Å². The number of nitrogens with one attached hydrogen (secondary N) is 1. The van der Waals surface area contributed by atoms with E-state index in [1.807, 2.05) is 6.07 Å². The molecule has 1 unspecified atom stereocenters. The lowest BCUT2D eigenvalue weighted by Crippen LogP contribution is -2.35. The second-order valence-electron chi connectivity index (χ2n) is 4.79. The lowest BCUT2D eigenvalue weighted by molar-refractivity contribution is -0.123. The molecule has 0 saturated heterocycles. The van der Waals surface area contributed by atoms with Gasteiger partial charge in [0.1, 0.15) is 6.04 Å². The van der Waals surface area contributed by atoms with E-state index in [1.165, 1.54) is 6.07 Å². The van der Waals surface area contributed by atoms with Crippen molar-refractivity contribution in [3.63, 3.8) is 0 Å². The Hall–Kier alpha value is -2.27. The summed E-state index contributed by atoms with van der Waals surface area (Å²) in [5.74, 6) is -2.24. The van der Waals surface area contributed by atoms with Crippen LogP contribution in [0.5, 0.6) is 0 Å². The van der Waals surface area contributed by atoms with Crippen molar-refractivity contribution in [1.29, 1.82) is 0 Å². The standard InChI is InChI=1S/C16H16F2N2O/c1-10(12-7-8-13(17)14(18)9-12)20-16(21)15(19)11-5-3-2-4-6-11/h2-10,15H,19H2,1H3,(H,20,21)/t10?,15-/m1/s1. The summed E-state index contributed by atoms with van der Waals surface area (Å²) in [6.45, 7) is 1.68. The van der Waals surface area contributed by atoms with Crippen LogP contribution in [0.4, 0.5) is 8.78 Å². The molecule has 2 aromatic carbocycles. The van der Waals surface area contributed by atoms with Gasteiger partial charge in [0.15, 0.2) is 11.6 Å². The van der Waals surface area contributed by atoms with Gasteiger partial charge < -0.3 is 11.1 Å². The van der Waals surface area contributed by atoms with E-state index < -0.39 is 23.7 Å². The summed E-state index contributed by atoms with van der Waals surface area (Å²) in [4.78, 5) is 12.1. The fraction of sp³-hybridized carbons (Fsp3) is 0.188. The number of hydrogen-bond donors (Lipinski definition) is 2. The maximum Gasteiger partial charge on any atom is 0.241 e. The van der Waals surface area contributed by atoms with Crippen molar-refractivity contribution in [3.8, 4) is 0 Å². The molecule has 21 heavy (non-hydrogen) atoms. The van der Waals surface area contributed by atoms with Crippen molar-refractivity contribution in [3.05, 3.63) is 71.3 Å². The van der Waals surface area contributed by atoms with Crippen LogP contribution in [-0.4, -0.2) is 5.91 Å². The molecule has 0 bridgehead atoms. The van der Waals surface area contributed by atoms with Crippen LogP contribution in [0.1, 0.15) is 30.1 Å². The van der Waals surface area contributed by atoms with Crippen molar-refractivity contribution in [2.45, 2.75) is 19.0 Å². The number of hydrogen-bond acceptors (Lipinski definition) is 2. The van der Waals surface area contributed by atoms with Crippen molar-refractivity contribution < 1.29 is 13.6 Å². The molecule has 0 aliphatic carbocycles. The summed E-state index contributed by atoms with van der Waals surface area (Å²) in [6.07, 6.45) is 0. The molecular weight excluding hydrogens is 274 g/mol. The summed E-state index contributed by atoms with van der Waals surface area (Å²) < 4.78 is 26.1. The lowest BCUT2D eigenvalue weighted by atomic mass is 10.0. The van der Waals surface area contributed by atoms with Gasteiger partial charge in [0, 0.05) is 0 Å². The molecule has 0 spiro atoms. The van der Waals surface area contributed by atoms with Gasteiger partial charge in [-0.3, -0.25) is 4.79 Å². The van der Waals surface area contributed by atoms with Crippen LogP contribution in [0.25, 0.3) is 0 Å². The fourth-order valence-electron chi connectivity index (χ4n) is 1.98. The minimum atomic E-state index is -0.944. The zero-order chi connectivity index (χ0) is 15.4. The molecule has 2 rings (SSSR count). The van der Waals surface area contributed by atoms with Crippen LogP contribution in [-0.2, 0) is 4.79 Å². The van der Waals surface area contributed by atoms with Gasteiger partial charge in [-0.05, 0) is 30.2 Å². The number of carbonyl (C=O) groups is 1. The first-order valence-electron chi connectivity index (χ1n) is 6.55.